The summed E-state index contributed by atoms with van der Waals surface area (Å²) >= 11 is 0. The normalized spacial score (nSPS) is 13.1. The van der Waals surface area contributed by atoms with E-state index in [2.05, 4.69) is 31.3 Å². The van der Waals surface area contributed by atoms with Crippen molar-refractivity contribution in [2.45, 2.75) is 411 Å². The Labute approximate surface area is 459 Å². The summed E-state index contributed by atoms with van der Waals surface area (Å²) in [6.07, 6.45) is 81.7. The van der Waals surface area contributed by atoms with Gasteiger partial charge in [-0.15, -0.1) is 0 Å². The molecule has 3 unspecified atom stereocenters. The van der Waals surface area contributed by atoms with Gasteiger partial charge in [-0.2, -0.15) is 0 Å². The molecule has 1 amide bonds. The SMILES string of the molecule is CCCCCCCCCCCCCCCC/C=C\CCCCCCCCCCCCCCCCCCC(O)C(=O)NC(CO)C(O)CCCCCCCCCCCCCCCCCCCCCCCCCCC. The van der Waals surface area contributed by atoms with Crippen molar-refractivity contribution in [1.82, 2.24) is 5.32 Å². The first-order valence-corrected chi connectivity index (χ1v) is 34.0. The first-order chi connectivity index (χ1) is 36.1. The average Bonchev–Trinajstić information content (AvgIpc) is 3.40. The number of carbonyl (C=O) groups is 1. The van der Waals surface area contributed by atoms with Gasteiger partial charge in [0.1, 0.15) is 6.10 Å². The van der Waals surface area contributed by atoms with Gasteiger partial charge < -0.3 is 20.6 Å². The van der Waals surface area contributed by atoms with E-state index in [1.807, 2.05) is 0 Å². The zero-order chi connectivity index (χ0) is 52.9. The number of allylic oxidation sites excluding steroid dienone is 2. The van der Waals surface area contributed by atoms with Crippen LogP contribution in [0.3, 0.4) is 0 Å². The van der Waals surface area contributed by atoms with Crippen LogP contribution < -0.4 is 5.32 Å². The minimum Gasteiger partial charge on any atom is -0.394 e. The largest absolute Gasteiger partial charge is 0.394 e. The van der Waals surface area contributed by atoms with Gasteiger partial charge in [-0.3, -0.25) is 4.79 Å². The first kappa shape index (κ1) is 72.1. The van der Waals surface area contributed by atoms with Crippen molar-refractivity contribution in [3.63, 3.8) is 0 Å². The van der Waals surface area contributed by atoms with Crippen molar-refractivity contribution in [3.05, 3.63) is 12.2 Å². The molecule has 0 saturated heterocycles. The molecule has 5 heteroatoms. The molecule has 3 atom stereocenters. The Morgan fingerprint density at radius 2 is 0.521 bits per heavy atom. The second-order valence-electron chi connectivity index (χ2n) is 23.7. The molecule has 0 bridgehead atoms. The number of hydrogen-bond donors (Lipinski definition) is 4. The Morgan fingerprint density at radius 3 is 0.753 bits per heavy atom. The molecule has 0 radical (unpaired) electrons. The molecule has 0 aromatic heterocycles. The highest BCUT2D eigenvalue weighted by Crippen LogP contribution is 2.19. The molecule has 0 aromatic rings. The van der Waals surface area contributed by atoms with Crippen molar-refractivity contribution in [1.29, 1.82) is 0 Å². The van der Waals surface area contributed by atoms with E-state index in [4.69, 9.17) is 0 Å². The molecule has 0 fully saturated rings. The van der Waals surface area contributed by atoms with E-state index in [9.17, 15) is 20.1 Å². The number of carbonyl (C=O) groups excluding carboxylic acids is 1. The fourth-order valence-corrected chi connectivity index (χ4v) is 11.1. The maximum Gasteiger partial charge on any atom is 0.249 e. The molecule has 436 valence electrons. The molecule has 0 aliphatic rings. The quantitative estimate of drug-likeness (QED) is 0.0361. The molecule has 0 aliphatic heterocycles. The van der Waals surface area contributed by atoms with Gasteiger partial charge in [0.25, 0.3) is 0 Å². The van der Waals surface area contributed by atoms with Gasteiger partial charge in [0, 0.05) is 0 Å². The number of amides is 1. The summed E-state index contributed by atoms with van der Waals surface area (Å²) < 4.78 is 0. The lowest BCUT2D eigenvalue weighted by atomic mass is 10.0. The summed E-state index contributed by atoms with van der Waals surface area (Å²) in [6.45, 7) is 4.29. The van der Waals surface area contributed by atoms with Crippen molar-refractivity contribution < 1.29 is 20.1 Å². The molecule has 0 saturated carbocycles. The third-order valence-electron chi connectivity index (χ3n) is 16.4. The second kappa shape index (κ2) is 63.6. The molecule has 5 nitrogen and oxygen atoms in total. The van der Waals surface area contributed by atoms with E-state index in [0.717, 1.165) is 32.1 Å². The number of nitrogens with one attached hydrogen (secondary N) is 1. The first-order valence-electron chi connectivity index (χ1n) is 34.0. The number of aliphatic hydroxyl groups excluding tert-OH is 3. The lowest BCUT2D eigenvalue weighted by Gasteiger charge is -2.23. The van der Waals surface area contributed by atoms with Gasteiger partial charge in [0.2, 0.25) is 5.91 Å². The van der Waals surface area contributed by atoms with Crippen LogP contribution in [0.2, 0.25) is 0 Å². The minimum atomic E-state index is -1.07. The zero-order valence-electron chi connectivity index (χ0n) is 50.1. The van der Waals surface area contributed by atoms with Crippen LogP contribution in [0.5, 0.6) is 0 Å². The molecule has 0 rings (SSSR count). The highest BCUT2D eigenvalue weighted by Gasteiger charge is 2.23. The Balaban J connectivity index is 3.45. The molecule has 4 N–H and O–H groups in total. The lowest BCUT2D eigenvalue weighted by Crippen LogP contribution is -2.49. The number of aliphatic hydroxyl groups is 3. The van der Waals surface area contributed by atoms with Crippen LogP contribution in [0.15, 0.2) is 12.2 Å². The second-order valence-corrected chi connectivity index (χ2v) is 23.7. The van der Waals surface area contributed by atoms with Crippen LogP contribution in [0, 0.1) is 0 Å². The molecule has 0 spiro atoms. The van der Waals surface area contributed by atoms with Gasteiger partial charge >= 0.3 is 0 Å². The van der Waals surface area contributed by atoms with Crippen molar-refractivity contribution in [2.75, 3.05) is 6.61 Å². The third-order valence-corrected chi connectivity index (χ3v) is 16.4. The number of hydrogen-bond acceptors (Lipinski definition) is 4. The van der Waals surface area contributed by atoms with Gasteiger partial charge in [-0.25, -0.2) is 0 Å². The van der Waals surface area contributed by atoms with Crippen molar-refractivity contribution in [2.24, 2.45) is 0 Å². The van der Waals surface area contributed by atoms with Crippen LogP contribution in [-0.2, 0) is 4.79 Å². The summed E-state index contributed by atoms with van der Waals surface area (Å²) in [5, 5.41) is 33.7. The Hall–Kier alpha value is -0.910. The van der Waals surface area contributed by atoms with Crippen molar-refractivity contribution in [3.8, 4) is 0 Å². The Morgan fingerprint density at radius 1 is 0.315 bits per heavy atom. The molecule has 0 heterocycles. The van der Waals surface area contributed by atoms with E-state index < -0.39 is 24.2 Å². The molecule has 0 aromatic carbocycles. The van der Waals surface area contributed by atoms with E-state index in [1.54, 1.807) is 0 Å². The van der Waals surface area contributed by atoms with E-state index in [1.165, 1.54) is 334 Å². The van der Waals surface area contributed by atoms with Crippen LogP contribution in [0.25, 0.3) is 0 Å². The number of unbranched alkanes of at least 4 members (excludes halogenated alkanes) is 54. The summed E-state index contributed by atoms with van der Waals surface area (Å²) in [7, 11) is 0. The van der Waals surface area contributed by atoms with E-state index in [-0.39, 0.29) is 6.61 Å². The summed E-state index contributed by atoms with van der Waals surface area (Å²) in [5.74, 6) is -0.461. The smallest absolute Gasteiger partial charge is 0.249 e. The van der Waals surface area contributed by atoms with Gasteiger partial charge in [-0.1, -0.05) is 366 Å². The van der Waals surface area contributed by atoms with E-state index >= 15 is 0 Å². The van der Waals surface area contributed by atoms with E-state index in [0.29, 0.717) is 12.8 Å². The zero-order valence-corrected chi connectivity index (χ0v) is 50.1. The summed E-state index contributed by atoms with van der Waals surface area (Å²) in [4.78, 5) is 12.6. The fourth-order valence-electron chi connectivity index (χ4n) is 11.1. The summed E-state index contributed by atoms with van der Waals surface area (Å²) in [5.41, 5.74) is 0. The van der Waals surface area contributed by atoms with Crippen molar-refractivity contribution >= 4 is 5.91 Å². The Kier molecular flexibility index (Phi) is 62.8. The predicted octanol–water partition coefficient (Wildman–Crippen LogP) is 21.8. The lowest BCUT2D eigenvalue weighted by molar-refractivity contribution is -0.131. The molecule has 0 aliphatic carbocycles. The van der Waals surface area contributed by atoms with Gasteiger partial charge in [-0.05, 0) is 38.5 Å². The van der Waals surface area contributed by atoms with Crippen LogP contribution >= 0.6 is 0 Å². The van der Waals surface area contributed by atoms with Crippen LogP contribution in [0.1, 0.15) is 393 Å². The maximum atomic E-state index is 12.6. The van der Waals surface area contributed by atoms with Gasteiger partial charge in [0.15, 0.2) is 0 Å². The predicted molar refractivity (Wildman–Crippen MR) is 324 cm³/mol. The minimum absolute atomic E-state index is 0.308. The summed E-state index contributed by atoms with van der Waals surface area (Å²) in [6, 6.07) is -0.711. The third kappa shape index (κ3) is 58.6. The average molecular weight is 1030 g/mol. The topological polar surface area (TPSA) is 89.8 Å². The van der Waals surface area contributed by atoms with Crippen LogP contribution in [-0.4, -0.2) is 46.1 Å². The highest BCUT2D eigenvalue weighted by atomic mass is 16.3. The van der Waals surface area contributed by atoms with Crippen LogP contribution in [0.4, 0.5) is 0 Å². The maximum absolute atomic E-state index is 12.6. The molecular weight excluding hydrogens is 895 g/mol. The Bertz CT molecular complexity index is 1050. The van der Waals surface area contributed by atoms with Gasteiger partial charge in [0.05, 0.1) is 18.8 Å². The fraction of sp³-hybridized carbons (Fsp3) is 0.956. The molecular formula is C68H135NO4. The monoisotopic (exact) mass is 1030 g/mol. The highest BCUT2D eigenvalue weighted by molar-refractivity contribution is 5.80. The number of rotatable bonds is 64. The standard InChI is InChI=1S/C68H135NO4/c1-3-5-7-9-11-13-15-17-19-21-23-25-27-29-30-31-32-33-34-35-36-37-39-41-43-45-47-49-51-53-55-57-59-61-63-67(72)68(73)69-65(64-70)66(71)62-60-58-56-54-52-50-48-46-44-42-40-38-28-26-24-22-20-18-16-14-12-10-8-6-4-2/h31-32,65-67,70-72H,3-30,33-64H2,1-2H3,(H,69,73)/b32-31-. The molecule has 73 heavy (non-hydrogen) atoms.